The van der Waals surface area contributed by atoms with Gasteiger partial charge in [-0.05, 0) is 30.3 Å². The molecule has 1 saturated heterocycles. The molecule has 2 N–H and O–H groups in total. The highest BCUT2D eigenvalue weighted by molar-refractivity contribution is 9.10. The van der Waals surface area contributed by atoms with Gasteiger partial charge in [-0.25, -0.2) is 4.39 Å². The number of benzene rings is 2. The lowest BCUT2D eigenvalue weighted by Gasteiger charge is -2.46. The van der Waals surface area contributed by atoms with E-state index in [1.807, 2.05) is 12.1 Å². The predicted molar refractivity (Wildman–Crippen MR) is 99.5 cm³/mol. The van der Waals surface area contributed by atoms with Crippen LogP contribution >= 0.6 is 15.9 Å². The summed E-state index contributed by atoms with van der Waals surface area (Å²) >= 11 is 3.37. The van der Waals surface area contributed by atoms with E-state index < -0.39 is 11.5 Å². The Hall–Kier alpha value is -2.41. The summed E-state index contributed by atoms with van der Waals surface area (Å²) in [6, 6.07) is 11.5. The van der Waals surface area contributed by atoms with Gasteiger partial charge in [0.1, 0.15) is 11.5 Å². The molecule has 2 aliphatic heterocycles. The molecule has 1 fully saturated rings. The highest BCUT2D eigenvalue weighted by Gasteiger charge is 2.41. The summed E-state index contributed by atoms with van der Waals surface area (Å²) < 4.78 is 14.7. The van der Waals surface area contributed by atoms with Crippen molar-refractivity contribution >= 4 is 33.4 Å². The second-order valence-corrected chi connectivity index (χ2v) is 7.54. The quantitative estimate of drug-likeness (QED) is 0.747. The van der Waals surface area contributed by atoms with Crippen LogP contribution in [0.4, 0.5) is 10.1 Å². The Bertz CT molecular complexity index is 894. The Morgan fingerprint density at radius 2 is 1.85 bits per heavy atom. The number of amides is 2. The maximum atomic E-state index is 13.9. The number of rotatable bonds is 1. The number of nitrogens with zero attached hydrogens (tertiary/aromatic N) is 1. The Kier molecular flexibility index (Phi) is 4.19. The third-order valence-electron chi connectivity index (χ3n) is 4.96. The molecule has 134 valence electrons. The first-order chi connectivity index (χ1) is 12.5. The maximum Gasteiger partial charge on any atom is 0.256 e. The van der Waals surface area contributed by atoms with Gasteiger partial charge in [0.15, 0.2) is 0 Å². The van der Waals surface area contributed by atoms with Gasteiger partial charge in [0.25, 0.3) is 11.8 Å². The van der Waals surface area contributed by atoms with Crippen molar-refractivity contribution in [3.05, 3.63) is 63.9 Å². The van der Waals surface area contributed by atoms with Gasteiger partial charge in [-0.1, -0.05) is 28.1 Å². The number of likely N-dealkylation sites (tertiary alicyclic amines) is 1. The molecule has 0 atom stereocenters. The van der Waals surface area contributed by atoms with E-state index in [0.29, 0.717) is 31.5 Å². The SMILES string of the molecule is O=C1NC2(CCN(C(=O)c3ccccc3F)CC2)Nc2ccc(Br)cc21. The fraction of sp³-hybridized carbons (Fsp3) is 0.263. The molecular formula is C19H17BrFN3O2. The van der Waals surface area contributed by atoms with Gasteiger partial charge < -0.3 is 15.5 Å². The largest absolute Gasteiger partial charge is 0.362 e. The van der Waals surface area contributed by atoms with E-state index in [4.69, 9.17) is 0 Å². The number of nitrogens with one attached hydrogen (secondary N) is 2. The highest BCUT2D eigenvalue weighted by Crippen LogP contribution is 2.33. The van der Waals surface area contributed by atoms with Crippen molar-refractivity contribution in [3.8, 4) is 0 Å². The molecule has 0 saturated carbocycles. The predicted octanol–water partition coefficient (Wildman–Crippen LogP) is 3.38. The normalized spacial score (nSPS) is 18.1. The number of anilines is 1. The molecule has 26 heavy (non-hydrogen) atoms. The summed E-state index contributed by atoms with van der Waals surface area (Å²) in [5.74, 6) is -0.959. The molecule has 7 heteroatoms. The van der Waals surface area contributed by atoms with Crippen molar-refractivity contribution in [2.24, 2.45) is 0 Å². The first-order valence-corrected chi connectivity index (χ1v) is 9.21. The summed E-state index contributed by atoms with van der Waals surface area (Å²) in [4.78, 5) is 26.7. The van der Waals surface area contributed by atoms with E-state index in [9.17, 15) is 14.0 Å². The molecule has 2 amide bonds. The third-order valence-corrected chi connectivity index (χ3v) is 5.45. The van der Waals surface area contributed by atoms with Crippen molar-refractivity contribution in [2.75, 3.05) is 18.4 Å². The average Bonchev–Trinajstić information content (AvgIpc) is 2.63. The first kappa shape index (κ1) is 17.0. The smallest absolute Gasteiger partial charge is 0.256 e. The standard InChI is InChI=1S/C19H17BrFN3O2/c20-12-5-6-16-14(11-12)17(25)23-19(22-16)7-9-24(10-8-19)18(26)13-3-1-2-4-15(13)21/h1-6,11,22H,7-10H2,(H,23,25). The van der Waals surface area contributed by atoms with Crippen LogP contribution in [-0.2, 0) is 0 Å². The second-order valence-electron chi connectivity index (χ2n) is 6.62. The van der Waals surface area contributed by atoms with Crippen LogP contribution in [0.15, 0.2) is 46.9 Å². The molecule has 2 heterocycles. The van der Waals surface area contributed by atoms with Gasteiger partial charge in [-0.2, -0.15) is 0 Å². The Balaban J connectivity index is 1.50. The number of hydrogen-bond acceptors (Lipinski definition) is 3. The summed E-state index contributed by atoms with van der Waals surface area (Å²) in [6.07, 6.45) is 1.10. The Morgan fingerprint density at radius 1 is 1.12 bits per heavy atom. The summed E-state index contributed by atoms with van der Waals surface area (Å²) in [6.45, 7) is 0.874. The van der Waals surface area contributed by atoms with Crippen LogP contribution < -0.4 is 10.6 Å². The van der Waals surface area contributed by atoms with Crippen molar-refractivity contribution < 1.29 is 14.0 Å². The average molecular weight is 418 g/mol. The minimum atomic E-state index is -0.579. The van der Waals surface area contributed by atoms with E-state index in [1.165, 1.54) is 12.1 Å². The molecule has 4 rings (SSSR count). The maximum absolute atomic E-state index is 13.9. The lowest BCUT2D eigenvalue weighted by Crippen LogP contribution is -2.62. The van der Waals surface area contributed by atoms with Gasteiger partial charge in [0.2, 0.25) is 0 Å². The van der Waals surface area contributed by atoms with Gasteiger partial charge in [-0.3, -0.25) is 9.59 Å². The molecule has 2 aromatic rings. The van der Waals surface area contributed by atoms with E-state index in [-0.39, 0.29) is 17.4 Å². The van der Waals surface area contributed by atoms with E-state index in [1.54, 1.807) is 23.1 Å². The van der Waals surface area contributed by atoms with Crippen molar-refractivity contribution in [2.45, 2.75) is 18.5 Å². The number of halogens is 2. The zero-order chi connectivity index (χ0) is 18.3. The third kappa shape index (κ3) is 2.96. The van der Waals surface area contributed by atoms with Gasteiger partial charge in [-0.15, -0.1) is 0 Å². The van der Waals surface area contributed by atoms with Crippen LogP contribution in [0.1, 0.15) is 33.6 Å². The monoisotopic (exact) mass is 417 g/mol. The molecule has 2 aliphatic rings. The minimum Gasteiger partial charge on any atom is -0.362 e. The number of hydrogen-bond donors (Lipinski definition) is 2. The molecule has 0 radical (unpaired) electrons. The van der Waals surface area contributed by atoms with E-state index >= 15 is 0 Å². The molecular weight excluding hydrogens is 401 g/mol. The molecule has 0 bridgehead atoms. The topological polar surface area (TPSA) is 61.4 Å². The Morgan fingerprint density at radius 3 is 2.58 bits per heavy atom. The Labute approximate surface area is 158 Å². The molecule has 1 spiro atoms. The first-order valence-electron chi connectivity index (χ1n) is 8.41. The van der Waals surface area contributed by atoms with Crippen molar-refractivity contribution in [1.29, 1.82) is 0 Å². The zero-order valence-electron chi connectivity index (χ0n) is 13.9. The van der Waals surface area contributed by atoms with Crippen LogP contribution in [0.3, 0.4) is 0 Å². The van der Waals surface area contributed by atoms with Crippen LogP contribution in [-0.4, -0.2) is 35.5 Å². The second kappa shape index (κ2) is 6.39. The van der Waals surface area contributed by atoms with Crippen molar-refractivity contribution in [1.82, 2.24) is 10.2 Å². The molecule has 0 aliphatic carbocycles. The zero-order valence-corrected chi connectivity index (χ0v) is 15.5. The van der Waals surface area contributed by atoms with Gasteiger partial charge >= 0.3 is 0 Å². The molecule has 0 aromatic heterocycles. The number of carbonyl (C=O) groups is 2. The number of piperidine rings is 1. The van der Waals surface area contributed by atoms with Crippen LogP contribution in [0.5, 0.6) is 0 Å². The van der Waals surface area contributed by atoms with Crippen LogP contribution in [0.25, 0.3) is 0 Å². The summed E-state index contributed by atoms with van der Waals surface area (Å²) in [5.41, 5.74) is 0.879. The minimum absolute atomic E-state index is 0.0827. The lowest BCUT2D eigenvalue weighted by molar-refractivity contribution is 0.0636. The summed E-state index contributed by atoms with van der Waals surface area (Å²) in [5, 5.41) is 6.46. The fourth-order valence-electron chi connectivity index (χ4n) is 3.53. The van der Waals surface area contributed by atoms with Gasteiger partial charge in [0, 0.05) is 36.1 Å². The molecule has 5 nitrogen and oxygen atoms in total. The van der Waals surface area contributed by atoms with Crippen molar-refractivity contribution in [3.63, 3.8) is 0 Å². The van der Waals surface area contributed by atoms with Crippen LogP contribution in [0.2, 0.25) is 0 Å². The molecule has 2 aromatic carbocycles. The van der Waals surface area contributed by atoms with E-state index in [0.717, 1.165) is 10.2 Å². The van der Waals surface area contributed by atoms with Gasteiger partial charge in [0.05, 0.1) is 11.1 Å². The molecule has 0 unspecified atom stereocenters. The number of carbonyl (C=O) groups excluding carboxylic acids is 2. The fourth-order valence-corrected chi connectivity index (χ4v) is 3.89. The number of fused-ring (bicyclic) bond motifs is 1. The highest BCUT2D eigenvalue weighted by atomic mass is 79.9. The van der Waals surface area contributed by atoms with Crippen LogP contribution in [0, 0.1) is 5.82 Å². The van der Waals surface area contributed by atoms with E-state index in [2.05, 4.69) is 26.6 Å². The summed E-state index contributed by atoms with van der Waals surface area (Å²) in [7, 11) is 0. The lowest BCUT2D eigenvalue weighted by atomic mass is 9.92.